The van der Waals surface area contributed by atoms with E-state index in [1.165, 1.54) is 38.5 Å². The van der Waals surface area contributed by atoms with E-state index < -0.39 is 0 Å². The molecule has 1 heterocycles. The third-order valence-electron chi connectivity index (χ3n) is 3.26. The van der Waals surface area contributed by atoms with Crippen LogP contribution in [0.1, 0.15) is 45.4 Å². The van der Waals surface area contributed by atoms with Crippen LogP contribution < -0.4 is 0 Å². The molecule has 2 aromatic rings. The molecule has 0 saturated heterocycles. The first-order valence-corrected chi connectivity index (χ1v) is 8.50. The predicted molar refractivity (Wildman–Crippen MR) is 84.9 cm³/mol. The minimum Gasteiger partial charge on any atom is -0.508 e. The lowest BCUT2D eigenvalue weighted by molar-refractivity contribution is 0.475. The molecule has 5 nitrogen and oxygen atoms in total. The highest BCUT2D eigenvalue weighted by Crippen LogP contribution is 2.21. The van der Waals surface area contributed by atoms with Gasteiger partial charge < -0.3 is 5.11 Å². The van der Waals surface area contributed by atoms with Crippen LogP contribution in [0.25, 0.3) is 5.69 Å². The second-order valence-electron chi connectivity index (χ2n) is 5.01. The van der Waals surface area contributed by atoms with Crippen molar-refractivity contribution in [3.05, 3.63) is 24.3 Å². The monoisotopic (exact) mass is 306 g/mol. The average molecular weight is 306 g/mol. The molecule has 0 saturated carbocycles. The number of aromatic hydroxyl groups is 1. The molecule has 0 aliphatic rings. The highest BCUT2D eigenvalue weighted by atomic mass is 32.2. The van der Waals surface area contributed by atoms with Gasteiger partial charge in [0.05, 0.1) is 5.69 Å². The Balaban J connectivity index is 1.79. The van der Waals surface area contributed by atoms with E-state index in [4.69, 9.17) is 0 Å². The number of benzene rings is 1. The number of thioether (sulfide) groups is 1. The summed E-state index contributed by atoms with van der Waals surface area (Å²) < 4.78 is 1.71. The summed E-state index contributed by atoms with van der Waals surface area (Å²) in [6.45, 7) is 2.24. The number of nitrogens with zero attached hydrogens (tertiary/aromatic N) is 4. The minimum atomic E-state index is 0.244. The van der Waals surface area contributed by atoms with E-state index in [9.17, 15) is 5.11 Å². The maximum Gasteiger partial charge on any atom is 0.214 e. The van der Waals surface area contributed by atoms with Crippen molar-refractivity contribution in [2.75, 3.05) is 5.75 Å². The van der Waals surface area contributed by atoms with Crippen LogP contribution in [0.15, 0.2) is 29.4 Å². The van der Waals surface area contributed by atoms with Crippen molar-refractivity contribution in [1.82, 2.24) is 20.2 Å². The van der Waals surface area contributed by atoms with Crippen LogP contribution >= 0.6 is 11.8 Å². The number of phenolic OH excluding ortho intramolecular Hbond substituents is 1. The Kier molecular flexibility index (Phi) is 6.53. The van der Waals surface area contributed by atoms with E-state index >= 15 is 0 Å². The maximum absolute atomic E-state index is 9.32. The highest BCUT2D eigenvalue weighted by Gasteiger charge is 2.08. The van der Waals surface area contributed by atoms with Crippen LogP contribution in [-0.2, 0) is 0 Å². The molecule has 1 aromatic carbocycles. The Morgan fingerprint density at radius 3 is 2.52 bits per heavy atom. The molecule has 0 unspecified atom stereocenters. The predicted octanol–water partition coefficient (Wildman–Crippen LogP) is 3.82. The summed E-state index contributed by atoms with van der Waals surface area (Å²) in [6.07, 6.45) is 7.75. The summed E-state index contributed by atoms with van der Waals surface area (Å²) >= 11 is 1.68. The summed E-state index contributed by atoms with van der Waals surface area (Å²) in [5.41, 5.74) is 0.864. The maximum atomic E-state index is 9.32. The van der Waals surface area contributed by atoms with Gasteiger partial charge in [-0.2, -0.15) is 4.68 Å². The fraction of sp³-hybridized carbons (Fsp3) is 0.533. The quantitative estimate of drug-likeness (QED) is 0.563. The van der Waals surface area contributed by atoms with E-state index in [0.717, 1.165) is 16.6 Å². The molecule has 0 fully saturated rings. The highest BCUT2D eigenvalue weighted by molar-refractivity contribution is 7.99. The summed E-state index contributed by atoms with van der Waals surface area (Å²) in [7, 11) is 0. The Morgan fingerprint density at radius 1 is 1.05 bits per heavy atom. The Hall–Kier alpha value is -1.56. The van der Waals surface area contributed by atoms with Crippen LogP contribution in [0.3, 0.4) is 0 Å². The van der Waals surface area contributed by atoms with E-state index in [1.54, 1.807) is 40.7 Å². The first-order valence-electron chi connectivity index (χ1n) is 7.52. The van der Waals surface area contributed by atoms with Crippen molar-refractivity contribution in [3.8, 4) is 11.4 Å². The summed E-state index contributed by atoms with van der Waals surface area (Å²) in [6, 6.07) is 6.89. The minimum absolute atomic E-state index is 0.244. The third-order valence-corrected chi connectivity index (χ3v) is 4.27. The Labute approximate surface area is 129 Å². The van der Waals surface area contributed by atoms with Gasteiger partial charge >= 0.3 is 0 Å². The van der Waals surface area contributed by atoms with Crippen LogP contribution in [0, 0.1) is 0 Å². The molecule has 21 heavy (non-hydrogen) atoms. The first kappa shape index (κ1) is 15.8. The number of phenols is 1. The summed E-state index contributed by atoms with van der Waals surface area (Å²) in [4.78, 5) is 0. The van der Waals surface area contributed by atoms with Gasteiger partial charge in [-0.1, -0.05) is 50.8 Å². The van der Waals surface area contributed by atoms with E-state index in [-0.39, 0.29) is 5.75 Å². The third kappa shape index (κ3) is 5.04. The van der Waals surface area contributed by atoms with Crippen LogP contribution in [0.2, 0.25) is 0 Å². The normalized spacial score (nSPS) is 10.9. The smallest absolute Gasteiger partial charge is 0.214 e. The van der Waals surface area contributed by atoms with Crippen LogP contribution in [0.5, 0.6) is 5.75 Å². The fourth-order valence-electron chi connectivity index (χ4n) is 2.07. The van der Waals surface area contributed by atoms with Crippen molar-refractivity contribution in [2.24, 2.45) is 0 Å². The molecule has 0 atom stereocenters. The molecule has 0 amide bonds. The second-order valence-corrected chi connectivity index (χ2v) is 6.07. The summed E-state index contributed by atoms with van der Waals surface area (Å²) in [5.74, 6) is 1.28. The number of aromatic nitrogens is 4. The van der Waals surface area contributed by atoms with Gasteiger partial charge in [0, 0.05) is 5.75 Å². The van der Waals surface area contributed by atoms with Crippen molar-refractivity contribution < 1.29 is 5.11 Å². The SMILES string of the molecule is CCCCCCCCSc1nnnn1-c1ccc(O)cc1. The fourth-order valence-corrected chi connectivity index (χ4v) is 2.96. The first-order chi connectivity index (χ1) is 10.3. The molecule has 0 radical (unpaired) electrons. The number of unbranched alkanes of at least 4 members (excludes halogenated alkanes) is 5. The van der Waals surface area contributed by atoms with Crippen molar-refractivity contribution in [2.45, 2.75) is 50.6 Å². The number of hydrogen-bond acceptors (Lipinski definition) is 5. The molecule has 0 aliphatic heterocycles. The van der Waals surface area contributed by atoms with Gasteiger partial charge in [-0.25, -0.2) is 0 Å². The van der Waals surface area contributed by atoms with Gasteiger partial charge in [0.1, 0.15) is 5.75 Å². The van der Waals surface area contributed by atoms with Gasteiger partial charge in [0.15, 0.2) is 0 Å². The molecule has 0 aliphatic carbocycles. The van der Waals surface area contributed by atoms with Gasteiger partial charge in [-0.05, 0) is 41.1 Å². The lowest BCUT2D eigenvalue weighted by Gasteiger charge is -2.04. The van der Waals surface area contributed by atoms with Gasteiger partial charge in [-0.15, -0.1) is 5.10 Å². The van der Waals surface area contributed by atoms with Gasteiger partial charge in [0.25, 0.3) is 0 Å². The van der Waals surface area contributed by atoms with Gasteiger partial charge in [0.2, 0.25) is 5.16 Å². The van der Waals surface area contributed by atoms with E-state index in [2.05, 4.69) is 22.4 Å². The number of hydrogen-bond donors (Lipinski definition) is 1. The molecule has 1 N–H and O–H groups in total. The molecular weight excluding hydrogens is 284 g/mol. The molecular formula is C15H22N4OS. The van der Waals surface area contributed by atoms with Crippen molar-refractivity contribution in [1.29, 1.82) is 0 Å². The number of tetrazole rings is 1. The van der Waals surface area contributed by atoms with Crippen LogP contribution in [-0.4, -0.2) is 31.1 Å². The molecule has 2 rings (SSSR count). The molecule has 1 aromatic heterocycles. The number of rotatable bonds is 9. The topological polar surface area (TPSA) is 63.8 Å². The molecule has 114 valence electrons. The standard InChI is InChI=1S/C15H22N4OS/c1-2-3-4-5-6-7-12-21-15-16-17-18-19(15)13-8-10-14(20)11-9-13/h8-11,20H,2-7,12H2,1H3. The summed E-state index contributed by atoms with van der Waals surface area (Å²) in [5, 5.41) is 21.9. The molecule has 0 bridgehead atoms. The van der Waals surface area contributed by atoms with E-state index in [0.29, 0.717) is 0 Å². The van der Waals surface area contributed by atoms with E-state index in [1.807, 2.05) is 0 Å². The van der Waals surface area contributed by atoms with Crippen molar-refractivity contribution >= 4 is 11.8 Å². The lowest BCUT2D eigenvalue weighted by atomic mass is 10.1. The average Bonchev–Trinajstić information content (AvgIpc) is 2.95. The second kappa shape index (κ2) is 8.67. The zero-order valence-electron chi connectivity index (χ0n) is 12.4. The molecule has 6 heteroatoms. The lowest BCUT2D eigenvalue weighted by Crippen LogP contribution is -1.99. The largest absolute Gasteiger partial charge is 0.508 e. The Morgan fingerprint density at radius 2 is 1.76 bits per heavy atom. The van der Waals surface area contributed by atoms with Gasteiger partial charge in [-0.3, -0.25) is 0 Å². The zero-order valence-corrected chi connectivity index (χ0v) is 13.2. The zero-order chi connectivity index (χ0) is 14.9. The Bertz CT molecular complexity index is 527. The van der Waals surface area contributed by atoms with Crippen LogP contribution in [0.4, 0.5) is 0 Å². The van der Waals surface area contributed by atoms with Crippen molar-refractivity contribution in [3.63, 3.8) is 0 Å². The molecule has 0 spiro atoms.